The van der Waals surface area contributed by atoms with Crippen molar-refractivity contribution in [3.63, 3.8) is 0 Å². The van der Waals surface area contributed by atoms with Crippen molar-refractivity contribution in [2.24, 2.45) is 0 Å². The van der Waals surface area contributed by atoms with Gasteiger partial charge in [0, 0.05) is 44.4 Å². The number of fused-ring (bicyclic) bond motifs is 1. The molecule has 2 aliphatic heterocycles. The number of ether oxygens (including phenoxy) is 2. The zero-order chi connectivity index (χ0) is 18.8. The third-order valence-electron chi connectivity index (χ3n) is 5.06. The lowest BCUT2D eigenvalue weighted by Gasteiger charge is -2.34. The maximum absolute atomic E-state index is 12.5. The maximum atomic E-state index is 12.5. The van der Waals surface area contributed by atoms with E-state index in [-0.39, 0.29) is 12.7 Å². The molecule has 0 radical (unpaired) electrons. The van der Waals surface area contributed by atoms with Crippen LogP contribution in [0.2, 0.25) is 0 Å². The fourth-order valence-corrected chi connectivity index (χ4v) is 3.37. The van der Waals surface area contributed by atoms with Crippen molar-refractivity contribution in [1.82, 2.24) is 15.0 Å². The van der Waals surface area contributed by atoms with Crippen LogP contribution in [0.5, 0.6) is 11.5 Å². The van der Waals surface area contributed by atoms with E-state index in [2.05, 4.69) is 10.1 Å². The average Bonchev–Trinajstić information content (AvgIpc) is 3.28. The minimum atomic E-state index is 0.0321. The lowest BCUT2D eigenvalue weighted by molar-refractivity contribution is -0.127. The smallest absolute Gasteiger partial charge is 0.246 e. The Kier molecular flexibility index (Phi) is 4.85. The van der Waals surface area contributed by atoms with Gasteiger partial charge in [0.2, 0.25) is 12.7 Å². The van der Waals surface area contributed by atoms with Gasteiger partial charge in [0.25, 0.3) is 0 Å². The molecule has 1 amide bonds. The molecule has 0 atom stereocenters. The van der Waals surface area contributed by atoms with E-state index in [9.17, 15) is 4.79 Å². The Hall–Kier alpha value is -2.80. The van der Waals surface area contributed by atoms with Crippen LogP contribution in [0.3, 0.4) is 0 Å². The van der Waals surface area contributed by atoms with Crippen LogP contribution >= 0.6 is 0 Å². The molecule has 0 bridgehead atoms. The molecular formula is C20H23N3O4. The first-order valence-electron chi connectivity index (χ1n) is 9.11. The predicted octanol–water partition coefficient (Wildman–Crippen LogP) is 2.38. The monoisotopic (exact) mass is 369 g/mol. The fraction of sp³-hybridized carbons (Fsp3) is 0.400. The molecule has 142 valence electrons. The minimum absolute atomic E-state index is 0.0321. The van der Waals surface area contributed by atoms with E-state index in [4.69, 9.17) is 14.0 Å². The second-order valence-corrected chi connectivity index (χ2v) is 6.85. The number of amides is 1. The van der Waals surface area contributed by atoms with E-state index in [0.29, 0.717) is 13.1 Å². The number of hydrogen-bond acceptors (Lipinski definition) is 6. The fourth-order valence-electron chi connectivity index (χ4n) is 3.37. The van der Waals surface area contributed by atoms with Gasteiger partial charge in [0.05, 0.1) is 5.69 Å². The molecule has 2 aliphatic rings. The summed E-state index contributed by atoms with van der Waals surface area (Å²) in [5, 5.41) is 4.01. The summed E-state index contributed by atoms with van der Waals surface area (Å²) < 4.78 is 15.9. The van der Waals surface area contributed by atoms with Gasteiger partial charge in [-0.05, 0) is 37.6 Å². The quantitative estimate of drug-likeness (QED) is 0.771. The van der Waals surface area contributed by atoms with Crippen molar-refractivity contribution >= 4 is 12.0 Å². The summed E-state index contributed by atoms with van der Waals surface area (Å²) in [6.07, 6.45) is 3.45. The molecule has 3 heterocycles. The van der Waals surface area contributed by atoms with E-state index < -0.39 is 0 Å². The number of aryl methyl sites for hydroxylation is 2. The van der Waals surface area contributed by atoms with Gasteiger partial charge in [-0.25, -0.2) is 0 Å². The van der Waals surface area contributed by atoms with Crippen LogP contribution < -0.4 is 9.47 Å². The number of aromatic nitrogens is 1. The minimum Gasteiger partial charge on any atom is -0.454 e. The molecule has 2 aromatic rings. The van der Waals surface area contributed by atoms with Crippen molar-refractivity contribution in [1.29, 1.82) is 0 Å². The first-order chi connectivity index (χ1) is 13.1. The summed E-state index contributed by atoms with van der Waals surface area (Å²) in [4.78, 5) is 16.7. The largest absolute Gasteiger partial charge is 0.454 e. The molecule has 1 fully saturated rings. The van der Waals surface area contributed by atoms with Crippen LogP contribution in [-0.2, 0) is 11.3 Å². The highest BCUT2D eigenvalue weighted by molar-refractivity contribution is 5.92. The Labute approximate surface area is 158 Å². The number of rotatable bonds is 4. The van der Waals surface area contributed by atoms with Crippen LogP contribution in [0.4, 0.5) is 0 Å². The normalized spacial score (nSPS) is 17.0. The number of hydrogen-bond donors (Lipinski definition) is 0. The lowest BCUT2D eigenvalue weighted by atomic mass is 10.1. The van der Waals surface area contributed by atoms with Gasteiger partial charge in [-0.1, -0.05) is 11.2 Å². The first kappa shape index (κ1) is 17.6. The van der Waals surface area contributed by atoms with Gasteiger partial charge in [-0.3, -0.25) is 9.69 Å². The highest BCUT2D eigenvalue weighted by atomic mass is 16.7. The Balaban J connectivity index is 1.31. The van der Waals surface area contributed by atoms with Crippen molar-refractivity contribution in [2.75, 3.05) is 33.0 Å². The van der Waals surface area contributed by atoms with Crippen LogP contribution in [0, 0.1) is 13.8 Å². The highest BCUT2D eigenvalue weighted by Gasteiger charge is 2.22. The summed E-state index contributed by atoms with van der Waals surface area (Å²) in [6.45, 7) is 8.08. The number of piperazine rings is 1. The Morgan fingerprint density at radius 1 is 1.15 bits per heavy atom. The van der Waals surface area contributed by atoms with Crippen molar-refractivity contribution < 1.29 is 18.8 Å². The second kappa shape index (κ2) is 7.44. The topological polar surface area (TPSA) is 68.0 Å². The number of carbonyl (C=O) groups is 1. The molecule has 0 aliphatic carbocycles. The van der Waals surface area contributed by atoms with Crippen molar-refractivity contribution in [3.8, 4) is 11.5 Å². The Morgan fingerprint density at radius 2 is 1.93 bits per heavy atom. The van der Waals surface area contributed by atoms with Crippen LogP contribution in [0.25, 0.3) is 6.08 Å². The number of carbonyl (C=O) groups excluding carboxylic acids is 1. The van der Waals surface area contributed by atoms with Gasteiger partial charge in [0.15, 0.2) is 11.5 Å². The van der Waals surface area contributed by atoms with Gasteiger partial charge < -0.3 is 18.9 Å². The standard InChI is InChI=1S/C20H23N3O4/c1-14-17(15(2)27-21-14)12-22-7-9-23(10-8-22)20(24)6-4-16-3-5-18-19(11-16)26-13-25-18/h3-6,11H,7-10,12-13H2,1-2H3/b6-4+. The van der Waals surface area contributed by atoms with Crippen LogP contribution in [-0.4, -0.2) is 53.8 Å². The molecule has 0 unspecified atom stereocenters. The maximum Gasteiger partial charge on any atom is 0.246 e. The Bertz CT molecular complexity index is 847. The second-order valence-electron chi connectivity index (χ2n) is 6.85. The van der Waals surface area contributed by atoms with Gasteiger partial charge in [-0.15, -0.1) is 0 Å². The van der Waals surface area contributed by atoms with E-state index in [1.165, 1.54) is 0 Å². The molecule has 1 aromatic heterocycles. The molecule has 0 N–H and O–H groups in total. The van der Waals surface area contributed by atoms with Crippen molar-refractivity contribution in [2.45, 2.75) is 20.4 Å². The summed E-state index contributed by atoms with van der Waals surface area (Å²) in [6, 6.07) is 5.66. The van der Waals surface area contributed by atoms with Gasteiger partial charge in [0.1, 0.15) is 5.76 Å². The molecule has 0 spiro atoms. The first-order valence-corrected chi connectivity index (χ1v) is 9.11. The molecule has 7 nitrogen and oxygen atoms in total. The molecule has 4 rings (SSSR count). The molecular weight excluding hydrogens is 346 g/mol. The zero-order valence-corrected chi connectivity index (χ0v) is 15.6. The van der Waals surface area contributed by atoms with Gasteiger partial charge >= 0.3 is 0 Å². The molecule has 0 saturated carbocycles. The summed E-state index contributed by atoms with van der Waals surface area (Å²) >= 11 is 0. The molecule has 1 saturated heterocycles. The van der Waals surface area contributed by atoms with Crippen molar-refractivity contribution in [3.05, 3.63) is 46.9 Å². The highest BCUT2D eigenvalue weighted by Crippen LogP contribution is 2.32. The third-order valence-corrected chi connectivity index (χ3v) is 5.06. The molecule has 7 heteroatoms. The number of nitrogens with zero attached hydrogens (tertiary/aromatic N) is 3. The number of benzene rings is 1. The van der Waals surface area contributed by atoms with E-state index in [0.717, 1.165) is 53.7 Å². The van der Waals surface area contributed by atoms with Crippen LogP contribution in [0.1, 0.15) is 22.6 Å². The van der Waals surface area contributed by atoms with Gasteiger partial charge in [-0.2, -0.15) is 0 Å². The SMILES string of the molecule is Cc1noc(C)c1CN1CCN(C(=O)/C=C/c2ccc3c(c2)OCO3)CC1. The summed E-state index contributed by atoms with van der Waals surface area (Å²) in [5.74, 6) is 2.37. The van der Waals surface area contributed by atoms with E-state index >= 15 is 0 Å². The lowest BCUT2D eigenvalue weighted by Crippen LogP contribution is -2.47. The molecule has 1 aromatic carbocycles. The summed E-state index contributed by atoms with van der Waals surface area (Å²) in [7, 11) is 0. The predicted molar refractivity (Wildman–Crippen MR) is 99.4 cm³/mol. The van der Waals surface area contributed by atoms with E-state index in [1.54, 1.807) is 6.08 Å². The average molecular weight is 369 g/mol. The van der Waals surface area contributed by atoms with Crippen LogP contribution in [0.15, 0.2) is 28.8 Å². The summed E-state index contributed by atoms with van der Waals surface area (Å²) in [5.41, 5.74) is 3.01. The Morgan fingerprint density at radius 3 is 2.67 bits per heavy atom. The third kappa shape index (κ3) is 3.83. The zero-order valence-electron chi connectivity index (χ0n) is 15.6. The molecule has 27 heavy (non-hydrogen) atoms. The van der Waals surface area contributed by atoms with E-state index in [1.807, 2.05) is 43.0 Å².